The van der Waals surface area contributed by atoms with Gasteiger partial charge >= 0.3 is 0 Å². The van der Waals surface area contributed by atoms with E-state index in [-0.39, 0.29) is 0 Å². The summed E-state index contributed by atoms with van der Waals surface area (Å²) in [6, 6.07) is 7.14. The fourth-order valence-corrected chi connectivity index (χ4v) is 1.54. The molecule has 0 aliphatic rings. The zero-order chi connectivity index (χ0) is 13.7. The van der Waals surface area contributed by atoms with Crippen LogP contribution < -0.4 is 26.1 Å². The van der Waals surface area contributed by atoms with Crippen LogP contribution >= 0.6 is 0 Å². The number of hydrazine groups is 1. The third kappa shape index (κ3) is 3.02. The Bertz CT molecular complexity index is 562. The van der Waals surface area contributed by atoms with Gasteiger partial charge in [-0.25, -0.2) is 15.8 Å². The average Bonchev–Trinajstić information content (AvgIpc) is 2.48. The number of anilines is 3. The Morgan fingerprint density at radius 1 is 1.05 bits per heavy atom. The van der Waals surface area contributed by atoms with E-state index in [1.165, 1.54) is 6.33 Å². The monoisotopic (exact) mass is 261 g/mol. The molecule has 0 bridgehead atoms. The predicted molar refractivity (Wildman–Crippen MR) is 72.7 cm³/mol. The lowest BCUT2D eigenvalue weighted by Crippen LogP contribution is -2.09. The molecule has 19 heavy (non-hydrogen) atoms. The lowest BCUT2D eigenvalue weighted by atomic mass is 10.2. The van der Waals surface area contributed by atoms with Gasteiger partial charge in [-0.05, 0) is 12.1 Å². The molecule has 0 atom stereocenters. The van der Waals surface area contributed by atoms with Crippen LogP contribution in [0.5, 0.6) is 11.5 Å². The highest BCUT2D eigenvalue weighted by Crippen LogP contribution is 2.31. The van der Waals surface area contributed by atoms with Gasteiger partial charge in [0.15, 0.2) is 0 Å². The van der Waals surface area contributed by atoms with Crippen molar-refractivity contribution in [3.63, 3.8) is 0 Å². The first-order chi connectivity index (χ1) is 9.26. The Labute approximate surface area is 110 Å². The van der Waals surface area contributed by atoms with E-state index >= 15 is 0 Å². The topological polar surface area (TPSA) is 94.3 Å². The van der Waals surface area contributed by atoms with Crippen molar-refractivity contribution in [3.05, 3.63) is 30.6 Å². The second-order valence-electron chi connectivity index (χ2n) is 3.62. The van der Waals surface area contributed by atoms with E-state index in [1.807, 2.05) is 12.1 Å². The summed E-state index contributed by atoms with van der Waals surface area (Å²) in [6.45, 7) is 0. The van der Waals surface area contributed by atoms with Crippen molar-refractivity contribution in [3.8, 4) is 11.5 Å². The number of benzene rings is 1. The number of hydrogen-bond acceptors (Lipinski definition) is 7. The lowest BCUT2D eigenvalue weighted by molar-refractivity contribution is 0.395. The lowest BCUT2D eigenvalue weighted by Gasteiger charge is -2.12. The summed E-state index contributed by atoms with van der Waals surface area (Å²) in [6.07, 6.45) is 1.41. The fraction of sp³-hybridized carbons (Fsp3) is 0.167. The van der Waals surface area contributed by atoms with Crippen LogP contribution in [0.2, 0.25) is 0 Å². The number of nitrogens with two attached hydrogens (primary N) is 1. The SMILES string of the molecule is COc1ccc(Nc2cc(NN)ncn2)c(OC)c1. The Hall–Kier alpha value is -2.54. The molecular weight excluding hydrogens is 246 g/mol. The minimum Gasteiger partial charge on any atom is -0.497 e. The molecule has 1 aromatic heterocycles. The van der Waals surface area contributed by atoms with Crippen LogP contribution in [0.4, 0.5) is 17.3 Å². The second kappa shape index (κ2) is 5.87. The average molecular weight is 261 g/mol. The van der Waals surface area contributed by atoms with E-state index in [0.717, 1.165) is 11.4 Å². The summed E-state index contributed by atoms with van der Waals surface area (Å²) in [7, 11) is 3.19. The summed E-state index contributed by atoms with van der Waals surface area (Å²) in [4.78, 5) is 8.03. The first-order valence-electron chi connectivity index (χ1n) is 5.54. The maximum atomic E-state index is 5.30. The minimum atomic E-state index is 0.518. The van der Waals surface area contributed by atoms with Crippen molar-refractivity contribution in [1.29, 1.82) is 0 Å². The molecule has 2 rings (SSSR count). The molecule has 0 spiro atoms. The van der Waals surface area contributed by atoms with Gasteiger partial charge in [0.1, 0.15) is 29.5 Å². The zero-order valence-electron chi connectivity index (χ0n) is 10.7. The smallest absolute Gasteiger partial charge is 0.146 e. The summed E-state index contributed by atoms with van der Waals surface area (Å²) >= 11 is 0. The van der Waals surface area contributed by atoms with Crippen LogP contribution in [0.25, 0.3) is 0 Å². The largest absolute Gasteiger partial charge is 0.497 e. The van der Waals surface area contributed by atoms with Crippen LogP contribution in [0.1, 0.15) is 0 Å². The third-order valence-corrected chi connectivity index (χ3v) is 2.49. The highest BCUT2D eigenvalue weighted by atomic mass is 16.5. The highest BCUT2D eigenvalue weighted by Gasteiger charge is 2.06. The predicted octanol–water partition coefficient (Wildman–Crippen LogP) is 1.52. The molecule has 7 nitrogen and oxygen atoms in total. The van der Waals surface area contributed by atoms with Gasteiger partial charge in [0.2, 0.25) is 0 Å². The molecule has 0 aliphatic carbocycles. The molecule has 1 heterocycles. The summed E-state index contributed by atoms with van der Waals surface area (Å²) in [5, 5.41) is 3.12. The molecular formula is C12H15N5O2. The van der Waals surface area contributed by atoms with Crippen LogP contribution in [0, 0.1) is 0 Å². The molecule has 4 N–H and O–H groups in total. The van der Waals surface area contributed by atoms with Gasteiger partial charge in [0, 0.05) is 12.1 Å². The van der Waals surface area contributed by atoms with Crippen LogP contribution in [-0.2, 0) is 0 Å². The summed E-state index contributed by atoms with van der Waals surface area (Å²) in [5.74, 6) is 7.79. The first-order valence-corrected chi connectivity index (χ1v) is 5.54. The Kier molecular flexibility index (Phi) is 3.99. The van der Waals surface area contributed by atoms with Crippen LogP contribution in [-0.4, -0.2) is 24.2 Å². The van der Waals surface area contributed by atoms with E-state index < -0.39 is 0 Å². The van der Waals surface area contributed by atoms with Crippen LogP contribution in [0.15, 0.2) is 30.6 Å². The molecule has 2 aromatic rings. The minimum absolute atomic E-state index is 0.518. The quantitative estimate of drug-likeness (QED) is 0.555. The van der Waals surface area contributed by atoms with Gasteiger partial charge in [-0.3, -0.25) is 0 Å². The van der Waals surface area contributed by atoms with E-state index in [9.17, 15) is 0 Å². The van der Waals surface area contributed by atoms with Crippen molar-refractivity contribution >= 4 is 17.3 Å². The van der Waals surface area contributed by atoms with Crippen molar-refractivity contribution < 1.29 is 9.47 Å². The first kappa shape index (κ1) is 12.9. The molecule has 0 aliphatic heterocycles. The Morgan fingerprint density at radius 3 is 2.53 bits per heavy atom. The number of ether oxygens (including phenoxy) is 2. The number of nitrogens with one attached hydrogen (secondary N) is 2. The molecule has 7 heteroatoms. The standard InChI is InChI=1S/C12H15N5O2/c1-18-8-3-4-9(10(5-8)19-2)16-11-6-12(17-13)15-7-14-11/h3-7H,13H2,1-2H3,(H2,14,15,16,17). The molecule has 0 fully saturated rings. The molecule has 0 unspecified atom stereocenters. The number of methoxy groups -OCH3 is 2. The van der Waals surface area contributed by atoms with E-state index in [1.54, 1.807) is 26.4 Å². The van der Waals surface area contributed by atoms with E-state index in [4.69, 9.17) is 15.3 Å². The van der Waals surface area contributed by atoms with Crippen molar-refractivity contribution in [2.24, 2.45) is 5.84 Å². The van der Waals surface area contributed by atoms with E-state index in [2.05, 4.69) is 20.7 Å². The molecule has 0 radical (unpaired) electrons. The number of nitrogen functional groups attached to an aromatic ring is 1. The number of nitrogens with zero attached hydrogens (tertiary/aromatic N) is 2. The summed E-state index contributed by atoms with van der Waals surface area (Å²) in [5.41, 5.74) is 3.23. The molecule has 1 aromatic carbocycles. The van der Waals surface area contributed by atoms with Gasteiger partial charge in [-0.1, -0.05) is 0 Å². The van der Waals surface area contributed by atoms with Gasteiger partial charge in [0.25, 0.3) is 0 Å². The number of hydrogen-bond donors (Lipinski definition) is 3. The third-order valence-electron chi connectivity index (χ3n) is 2.49. The second-order valence-corrected chi connectivity index (χ2v) is 3.62. The van der Waals surface area contributed by atoms with Gasteiger partial charge in [0.05, 0.1) is 19.9 Å². The van der Waals surface area contributed by atoms with Gasteiger partial charge in [-0.15, -0.1) is 0 Å². The highest BCUT2D eigenvalue weighted by molar-refractivity contribution is 5.66. The van der Waals surface area contributed by atoms with Crippen molar-refractivity contribution in [2.45, 2.75) is 0 Å². The maximum absolute atomic E-state index is 5.30. The molecule has 100 valence electrons. The molecule has 0 saturated carbocycles. The Morgan fingerprint density at radius 2 is 1.84 bits per heavy atom. The Balaban J connectivity index is 2.26. The van der Waals surface area contributed by atoms with Gasteiger partial charge in [-0.2, -0.15) is 0 Å². The number of rotatable bonds is 5. The van der Waals surface area contributed by atoms with Crippen molar-refractivity contribution in [2.75, 3.05) is 25.0 Å². The number of aromatic nitrogens is 2. The van der Waals surface area contributed by atoms with E-state index in [0.29, 0.717) is 17.4 Å². The van der Waals surface area contributed by atoms with Gasteiger partial charge < -0.3 is 20.2 Å². The zero-order valence-corrected chi connectivity index (χ0v) is 10.7. The molecule has 0 amide bonds. The normalized spacial score (nSPS) is 9.84. The fourth-order valence-electron chi connectivity index (χ4n) is 1.54. The summed E-state index contributed by atoms with van der Waals surface area (Å²) < 4.78 is 10.4. The van der Waals surface area contributed by atoms with Crippen molar-refractivity contribution in [1.82, 2.24) is 9.97 Å². The maximum Gasteiger partial charge on any atom is 0.146 e. The molecule has 0 saturated heterocycles. The van der Waals surface area contributed by atoms with Crippen LogP contribution in [0.3, 0.4) is 0 Å².